The molecule has 0 aliphatic heterocycles. The number of halogens is 1. The van der Waals surface area contributed by atoms with Gasteiger partial charge in [0, 0.05) is 15.6 Å². The number of esters is 1. The Bertz CT molecular complexity index is 1400. The molecular weight excluding hydrogens is 512 g/mol. The highest BCUT2D eigenvalue weighted by Crippen LogP contribution is 2.41. The van der Waals surface area contributed by atoms with E-state index in [4.69, 9.17) is 35.0 Å². The summed E-state index contributed by atoms with van der Waals surface area (Å²) in [6, 6.07) is 11.0. The monoisotopic (exact) mass is 530 g/mol. The van der Waals surface area contributed by atoms with Gasteiger partial charge in [-0.3, -0.25) is 0 Å². The molecule has 11 heteroatoms. The Labute approximate surface area is 214 Å². The molecule has 0 aliphatic carbocycles. The van der Waals surface area contributed by atoms with Crippen molar-refractivity contribution in [2.24, 2.45) is 0 Å². The molecule has 4 aromatic rings. The van der Waals surface area contributed by atoms with Gasteiger partial charge in [-0.2, -0.15) is 0 Å². The molecule has 35 heavy (non-hydrogen) atoms. The van der Waals surface area contributed by atoms with E-state index in [-0.39, 0.29) is 6.61 Å². The second kappa shape index (κ2) is 11.4. The maximum atomic E-state index is 12.3. The highest BCUT2D eigenvalue weighted by atomic mass is 35.5. The molecule has 0 aliphatic rings. The van der Waals surface area contributed by atoms with E-state index in [1.54, 1.807) is 12.1 Å². The average Bonchev–Trinajstić information content (AvgIpc) is 3.50. The molecule has 0 bridgehead atoms. The van der Waals surface area contributed by atoms with Crippen LogP contribution in [0.25, 0.3) is 21.5 Å². The highest BCUT2D eigenvalue weighted by molar-refractivity contribution is 7.99. The molecule has 0 saturated heterocycles. The Morgan fingerprint density at radius 1 is 1.09 bits per heavy atom. The molecule has 2 aromatic carbocycles. The van der Waals surface area contributed by atoms with E-state index >= 15 is 0 Å². The number of benzene rings is 2. The Hall–Kier alpha value is -3.39. The first-order chi connectivity index (χ1) is 17.0. The summed E-state index contributed by atoms with van der Waals surface area (Å²) in [5.41, 5.74) is 0.622. The van der Waals surface area contributed by atoms with Crippen LogP contribution in [-0.2, 0) is 4.74 Å². The molecule has 0 unspecified atom stereocenters. The fraction of sp³-hybridized carbons (Fsp3) is 0.208. The molecular formula is C24H19ClN2O6S2. The van der Waals surface area contributed by atoms with Gasteiger partial charge in [-0.25, -0.2) is 4.79 Å². The molecule has 0 radical (unpaired) electrons. The number of thioether (sulfide) groups is 1. The van der Waals surface area contributed by atoms with Crippen molar-refractivity contribution in [2.75, 3.05) is 33.7 Å². The van der Waals surface area contributed by atoms with Crippen molar-refractivity contribution < 1.29 is 28.2 Å². The first kappa shape index (κ1) is 24.7. The van der Waals surface area contributed by atoms with E-state index in [1.165, 1.54) is 44.4 Å². The Morgan fingerprint density at radius 2 is 1.83 bits per heavy atom. The summed E-state index contributed by atoms with van der Waals surface area (Å²) in [5.74, 6) is 7.31. The van der Waals surface area contributed by atoms with E-state index in [1.807, 2.05) is 24.3 Å². The zero-order valence-corrected chi connectivity index (χ0v) is 21.3. The maximum Gasteiger partial charge on any atom is 0.350 e. The predicted molar refractivity (Wildman–Crippen MR) is 135 cm³/mol. The van der Waals surface area contributed by atoms with Gasteiger partial charge in [0.2, 0.25) is 11.6 Å². The van der Waals surface area contributed by atoms with E-state index in [0.717, 1.165) is 10.1 Å². The normalized spacial score (nSPS) is 10.5. The summed E-state index contributed by atoms with van der Waals surface area (Å²) < 4.78 is 27.9. The fourth-order valence-corrected chi connectivity index (χ4v) is 5.04. The Kier molecular flexibility index (Phi) is 8.02. The van der Waals surface area contributed by atoms with Crippen LogP contribution in [0.5, 0.6) is 17.2 Å². The number of carbonyl (C=O) groups excluding carboxylic acids is 1. The smallest absolute Gasteiger partial charge is 0.350 e. The minimum absolute atomic E-state index is 0.0511. The molecule has 180 valence electrons. The average molecular weight is 531 g/mol. The van der Waals surface area contributed by atoms with Crippen LogP contribution in [0.3, 0.4) is 0 Å². The zero-order valence-electron chi connectivity index (χ0n) is 18.9. The van der Waals surface area contributed by atoms with Gasteiger partial charge in [-0.1, -0.05) is 53.4 Å². The number of ether oxygens (including phenoxy) is 4. The quantitative estimate of drug-likeness (QED) is 0.164. The van der Waals surface area contributed by atoms with Gasteiger partial charge in [0.05, 0.1) is 32.1 Å². The number of aromatic nitrogens is 2. The summed E-state index contributed by atoms with van der Waals surface area (Å²) in [5, 5.41) is 9.68. The SMILES string of the molecule is COc1cc(-c2nnc(SCC#CCOC(=O)c3sc4ccccc4c3Cl)o2)cc(OC)c1OC. The number of thiophene rings is 1. The van der Waals surface area contributed by atoms with Crippen LogP contribution in [0.15, 0.2) is 46.0 Å². The topological polar surface area (TPSA) is 92.9 Å². The third-order valence-corrected chi connectivity index (χ3v) is 7.06. The van der Waals surface area contributed by atoms with Crippen LogP contribution in [0, 0.1) is 11.8 Å². The lowest BCUT2D eigenvalue weighted by molar-refractivity contribution is 0.0562. The third-order valence-electron chi connectivity index (χ3n) is 4.71. The van der Waals surface area contributed by atoms with Gasteiger partial charge in [-0.05, 0) is 18.2 Å². The number of hydrogen-bond donors (Lipinski definition) is 0. The number of fused-ring (bicyclic) bond motifs is 1. The lowest BCUT2D eigenvalue weighted by atomic mass is 10.2. The second-order valence-electron chi connectivity index (χ2n) is 6.75. The molecule has 8 nitrogen and oxygen atoms in total. The van der Waals surface area contributed by atoms with Crippen LogP contribution in [-0.4, -0.2) is 49.9 Å². The number of hydrogen-bond acceptors (Lipinski definition) is 10. The van der Waals surface area contributed by atoms with Crippen LogP contribution >= 0.6 is 34.7 Å². The van der Waals surface area contributed by atoms with Gasteiger partial charge < -0.3 is 23.4 Å². The van der Waals surface area contributed by atoms with Crippen LogP contribution in [0.4, 0.5) is 0 Å². The van der Waals surface area contributed by atoms with Gasteiger partial charge >= 0.3 is 5.97 Å². The molecule has 2 aromatic heterocycles. The highest BCUT2D eigenvalue weighted by Gasteiger charge is 2.19. The number of rotatable bonds is 8. The summed E-state index contributed by atoms with van der Waals surface area (Å²) in [6.45, 7) is -0.0511. The van der Waals surface area contributed by atoms with Gasteiger partial charge in [0.1, 0.15) is 4.88 Å². The summed E-state index contributed by atoms with van der Waals surface area (Å²) in [6.07, 6.45) is 0. The number of methoxy groups -OCH3 is 3. The molecule has 0 saturated carbocycles. The maximum absolute atomic E-state index is 12.3. The molecule has 0 fully saturated rings. The molecule has 2 heterocycles. The van der Waals surface area contributed by atoms with E-state index in [2.05, 4.69) is 22.0 Å². The van der Waals surface area contributed by atoms with Crippen molar-refractivity contribution in [1.29, 1.82) is 0 Å². The van der Waals surface area contributed by atoms with Crippen LogP contribution in [0.2, 0.25) is 5.02 Å². The van der Waals surface area contributed by atoms with Gasteiger partial charge in [0.25, 0.3) is 5.22 Å². The van der Waals surface area contributed by atoms with Gasteiger partial charge in [0.15, 0.2) is 18.1 Å². The summed E-state index contributed by atoms with van der Waals surface area (Å²) in [4.78, 5) is 12.7. The lowest BCUT2D eigenvalue weighted by Gasteiger charge is -2.12. The van der Waals surface area contributed by atoms with Crippen molar-refractivity contribution in [3.8, 4) is 40.5 Å². The van der Waals surface area contributed by atoms with Crippen molar-refractivity contribution in [1.82, 2.24) is 10.2 Å². The molecule has 0 atom stereocenters. The Morgan fingerprint density at radius 3 is 2.51 bits per heavy atom. The van der Waals surface area contributed by atoms with E-state index < -0.39 is 5.97 Å². The minimum atomic E-state index is -0.495. The summed E-state index contributed by atoms with van der Waals surface area (Å²) >= 11 is 8.86. The third kappa shape index (κ3) is 5.48. The second-order valence-corrected chi connectivity index (χ2v) is 9.10. The minimum Gasteiger partial charge on any atom is -0.493 e. The van der Waals surface area contributed by atoms with Crippen molar-refractivity contribution in [3.63, 3.8) is 0 Å². The zero-order chi connectivity index (χ0) is 24.8. The standard InChI is InChI=1S/C24H19ClN2O6S2/c1-29-16-12-14(13-17(30-2)20(16)31-3)22-26-27-24(33-22)34-11-7-6-10-32-23(28)21-19(25)15-8-4-5-9-18(15)35-21/h4-5,8-9,12-13H,10-11H2,1-3H3. The van der Waals surface area contributed by atoms with Crippen LogP contribution < -0.4 is 14.2 Å². The van der Waals surface area contributed by atoms with Crippen molar-refractivity contribution in [3.05, 3.63) is 46.3 Å². The lowest BCUT2D eigenvalue weighted by Crippen LogP contribution is -2.03. The van der Waals surface area contributed by atoms with Crippen molar-refractivity contribution >= 4 is 50.8 Å². The Balaban J connectivity index is 1.32. The first-order valence-corrected chi connectivity index (χ1v) is 12.3. The van der Waals surface area contributed by atoms with Gasteiger partial charge in [-0.15, -0.1) is 21.5 Å². The van der Waals surface area contributed by atoms with E-state index in [0.29, 0.717) is 49.6 Å². The van der Waals surface area contributed by atoms with E-state index in [9.17, 15) is 4.79 Å². The predicted octanol–water partition coefficient (Wildman–Crippen LogP) is 5.58. The first-order valence-electron chi connectivity index (χ1n) is 10.1. The van der Waals surface area contributed by atoms with Crippen LogP contribution in [0.1, 0.15) is 9.67 Å². The number of nitrogens with zero attached hydrogens (tertiary/aromatic N) is 2. The molecule has 4 rings (SSSR count). The number of carbonyl (C=O) groups is 1. The van der Waals surface area contributed by atoms with Crippen molar-refractivity contribution in [2.45, 2.75) is 5.22 Å². The molecule has 0 spiro atoms. The summed E-state index contributed by atoms with van der Waals surface area (Å²) in [7, 11) is 4.59. The fourth-order valence-electron chi connectivity index (χ4n) is 3.10. The molecule has 0 N–H and O–H groups in total. The molecule has 0 amide bonds. The largest absolute Gasteiger partial charge is 0.493 e.